The Labute approximate surface area is 181 Å². The highest BCUT2D eigenvalue weighted by Crippen LogP contribution is 2.35. The van der Waals surface area contributed by atoms with Crippen molar-refractivity contribution in [2.24, 2.45) is 0 Å². The number of hydrogen-bond acceptors (Lipinski definition) is 6. The standard InChI is InChI=1S/C23H27N5O3/c1-3-31-20-7-5-19(6-8-20)23(10-12-30-13-11-23)15-24-22(29)18-4-9-21(17(2)14-18)28-16-25-26-27-28/h4-9,14,16H,3,10-13,15H2,1-2H3,(H,24,29). The normalized spacial score (nSPS) is 15.4. The smallest absolute Gasteiger partial charge is 0.251 e. The van der Waals surface area contributed by atoms with Crippen molar-refractivity contribution >= 4 is 5.91 Å². The van der Waals surface area contributed by atoms with Crippen LogP contribution in [0, 0.1) is 6.92 Å². The topological polar surface area (TPSA) is 91.2 Å². The molecule has 0 radical (unpaired) electrons. The first-order valence-electron chi connectivity index (χ1n) is 10.5. The van der Waals surface area contributed by atoms with Gasteiger partial charge in [-0.05, 0) is 78.6 Å². The molecule has 0 spiro atoms. The van der Waals surface area contributed by atoms with Crippen LogP contribution in [0.1, 0.15) is 41.3 Å². The van der Waals surface area contributed by atoms with Crippen molar-refractivity contribution in [2.75, 3.05) is 26.4 Å². The monoisotopic (exact) mass is 421 g/mol. The van der Waals surface area contributed by atoms with Crippen molar-refractivity contribution < 1.29 is 14.3 Å². The Bertz CT molecular complexity index is 1010. The number of aromatic nitrogens is 4. The molecule has 1 aliphatic rings. The number of amides is 1. The third kappa shape index (κ3) is 4.59. The van der Waals surface area contributed by atoms with Crippen LogP contribution in [0.2, 0.25) is 0 Å². The fourth-order valence-corrected chi connectivity index (χ4v) is 4.08. The Kier molecular flexibility index (Phi) is 6.27. The quantitative estimate of drug-likeness (QED) is 0.631. The molecule has 0 aliphatic carbocycles. The van der Waals surface area contributed by atoms with Gasteiger partial charge in [0.25, 0.3) is 5.91 Å². The average Bonchev–Trinajstić information content (AvgIpc) is 3.33. The highest BCUT2D eigenvalue weighted by molar-refractivity contribution is 5.94. The van der Waals surface area contributed by atoms with E-state index in [-0.39, 0.29) is 11.3 Å². The molecule has 31 heavy (non-hydrogen) atoms. The van der Waals surface area contributed by atoms with E-state index in [1.807, 2.05) is 38.1 Å². The summed E-state index contributed by atoms with van der Waals surface area (Å²) < 4.78 is 12.8. The molecule has 8 nitrogen and oxygen atoms in total. The summed E-state index contributed by atoms with van der Waals surface area (Å²) in [6, 6.07) is 13.7. The van der Waals surface area contributed by atoms with Crippen LogP contribution >= 0.6 is 0 Å². The van der Waals surface area contributed by atoms with Crippen molar-refractivity contribution in [3.8, 4) is 11.4 Å². The number of nitrogens with one attached hydrogen (secondary N) is 1. The number of hydrogen-bond donors (Lipinski definition) is 1. The molecule has 0 unspecified atom stereocenters. The summed E-state index contributed by atoms with van der Waals surface area (Å²) in [7, 11) is 0. The maximum absolute atomic E-state index is 12.9. The van der Waals surface area contributed by atoms with Crippen LogP contribution in [0.5, 0.6) is 5.75 Å². The van der Waals surface area contributed by atoms with Gasteiger partial charge in [0, 0.05) is 30.7 Å². The molecular formula is C23H27N5O3. The van der Waals surface area contributed by atoms with Gasteiger partial charge in [-0.1, -0.05) is 12.1 Å². The van der Waals surface area contributed by atoms with Crippen LogP contribution in [0.3, 0.4) is 0 Å². The summed E-state index contributed by atoms with van der Waals surface area (Å²) in [4.78, 5) is 12.9. The van der Waals surface area contributed by atoms with E-state index in [0.717, 1.165) is 29.8 Å². The van der Waals surface area contributed by atoms with Crippen LogP contribution in [-0.4, -0.2) is 52.5 Å². The Morgan fingerprint density at radius 1 is 1.19 bits per heavy atom. The number of benzene rings is 2. The SMILES string of the molecule is CCOc1ccc(C2(CNC(=O)c3ccc(-n4cnnn4)c(C)c3)CCOCC2)cc1. The highest BCUT2D eigenvalue weighted by Gasteiger charge is 2.35. The highest BCUT2D eigenvalue weighted by atomic mass is 16.5. The van der Waals surface area contributed by atoms with E-state index in [1.54, 1.807) is 10.7 Å². The second-order valence-corrected chi connectivity index (χ2v) is 7.79. The molecule has 1 amide bonds. The zero-order valence-electron chi connectivity index (χ0n) is 17.9. The lowest BCUT2D eigenvalue weighted by Crippen LogP contribution is -2.44. The predicted octanol–water partition coefficient (Wildman–Crippen LogP) is 2.85. The largest absolute Gasteiger partial charge is 0.494 e. The molecule has 0 atom stereocenters. The van der Waals surface area contributed by atoms with Crippen molar-refractivity contribution in [2.45, 2.75) is 32.1 Å². The molecule has 1 N–H and O–H groups in total. The first kappa shape index (κ1) is 21.0. The summed E-state index contributed by atoms with van der Waals surface area (Å²) in [5, 5.41) is 14.4. The van der Waals surface area contributed by atoms with Crippen molar-refractivity contribution in [1.29, 1.82) is 0 Å². The molecule has 0 bridgehead atoms. The molecular weight excluding hydrogens is 394 g/mol. The third-order valence-corrected chi connectivity index (χ3v) is 5.87. The van der Waals surface area contributed by atoms with E-state index in [0.29, 0.717) is 31.9 Å². The minimum absolute atomic E-state index is 0.0943. The Hall–Kier alpha value is -3.26. The Morgan fingerprint density at radius 2 is 1.97 bits per heavy atom. The minimum Gasteiger partial charge on any atom is -0.494 e. The Balaban J connectivity index is 1.49. The molecule has 3 aromatic rings. The molecule has 1 fully saturated rings. The fourth-order valence-electron chi connectivity index (χ4n) is 4.08. The lowest BCUT2D eigenvalue weighted by atomic mass is 9.74. The summed E-state index contributed by atoms with van der Waals surface area (Å²) in [6.45, 7) is 6.47. The first-order valence-corrected chi connectivity index (χ1v) is 10.5. The fraction of sp³-hybridized carbons (Fsp3) is 0.391. The van der Waals surface area contributed by atoms with Crippen LogP contribution in [0.4, 0.5) is 0 Å². The van der Waals surface area contributed by atoms with Crippen LogP contribution in [0.15, 0.2) is 48.8 Å². The zero-order valence-corrected chi connectivity index (χ0v) is 17.9. The minimum atomic E-state index is -0.153. The number of carbonyl (C=O) groups is 1. The van der Waals surface area contributed by atoms with E-state index in [9.17, 15) is 4.79 Å². The number of ether oxygens (including phenoxy) is 2. The lowest BCUT2D eigenvalue weighted by Gasteiger charge is -2.38. The molecule has 162 valence electrons. The average molecular weight is 422 g/mol. The number of nitrogens with zero attached hydrogens (tertiary/aromatic N) is 4. The van der Waals surface area contributed by atoms with Gasteiger partial charge in [-0.3, -0.25) is 4.79 Å². The van der Waals surface area contributed by atoms with Gasteiger partial charge in [0.15, 0.2) is 0 Å². The predicted molar refractivity (Wildman–Crippen MR) is 116 cm³/mol. The van der Waals surface area contributed by atoms with Gasteiger partial charge in [0.1, 0.15) is 12.1 Å². The number of rotatable bonds is 7. The van der Waals surface area contributed by atoms with Gasteiger partial charge in [0.05, 0.1) is 12.3 Å². The van der Waals surface area contributed by atoms with E-state index in [4.69, 9.17) is 9.47 Å². The Morgan fingerprint density at radius 3 is 2.61 bits per heavy atom. The molecule has 0 saturated carbocycles. The van der Waals surface area contributed by atoms with E-state index < -0.39 is 0 Å². The van der Waals surface area contributed by atoms with Gasteiger partial charge >= 0.3 is 0 Å². The van der Waals surface area contributed by atoms with Gasteiger partial charge in [-0.25, -0.2) is 4.68 Å². The van der Waals surface area contributed by atoms with Crippen molar-refractivity contribution in [1.82, 2.24) is 25.5 Å². The maximum atomic E-state index is 12.9. The number of tetrazole rings is 1. The van der Waals surface area contributed by atoms with Gasteiger partial charge in [-0.2, -0.15) is 0 Å². The molecule has 2 aromatic carbocycles. The molecule has 1 aromatic heterocycles. The lowest BCUT2D eigenvalue weighted by molar-refractivity contribution is 0.0487. The molecule has 4 rings (SSSR count). The van der Waals surface area contributed by atoms with Gasteiger partial charge < -0.3 is 14.8 Å². The zero-order chi connectivity index (χ0) is 21.7. The second kappa shape index (κ2) is 9.26. The van der Waals surface area contributed by atoms with Gasteiger partial charge in [0.2, 0.25) is 0 Å². The third-order valence-electron chi connectivity index (χ3n) is 5.87. The molecule has 1 aliphatic heterocycles. The molecule has 2 heterocycles. The maximum Gasteiger partial charge on any atom is 0.251 e. The summed E-state index contributed by atoms with van der Waals surface area (Å²) in [5.41, 5.74) is 3.43. The summed E-state index contributed by atoms with van der Waals surface area (Å²) in [6.07, 6.45) is 3.25. The van der Waals surface area contributed by atoms with Crippen LogP contribution in [0.25, 0.3) is 5.69 Å². The van der Waals surface area contributed by atoms with E-state index >= 15 is 0 Å². The number of carbonyl (C=O) groups excluding carboxylic acids is 1. The van der Waals surface area contributed by atoms with Crippen molar-refractivity contribution in [3.05, 3.63) is 65.5 Å². The summed E-state index contributed by atoms with van der Waals surface area (Å²) in [5.74, 6) is 0.763. The summed E-state index contributed by atoms with van der Waals surface area (Å²) >= 11 is 0. The van der Waals surface area contributed by atoms with Crippen LogP contribution in [-0.2, 0) is 10.2 Å². The number of aryl methyl sites for hydroxylation is 1. The van der Waals surface area contributed by atoms with E-state index in [1.165, 1.54) is 11.9 Å². The van der Waals surface area contributed by atoms with E-state index in [2.05, 4.69) is 33.0 Å². The van der Waals surface area contributed by atoms with Crippen LogP contribution < -0.4 is 10.1 Å². The second-order valence-electron chi connectivity index (χ2n) is 7.79. The van der Waals surface area contributed by atoms with Gasteiger partial charge in [-0.15, -0.1) is 5.10 Å². The van der Waals surface area contributed by atoms with Crippen molar-refractivity contribution in [3.63, 3.8) is 0 Å². The first-order chi connectivity index (χ1) is 15.1. The molecule has 8 heteroatoms. The molecule has 1 saturated heterocycles.